The second-order valence-electron chi connectivity index (χ2n) is 3.77. The lowest BCUT2D eigenvalue weighted by molar-refractivity contribution is 0.166. The molecular formula is C12H17ClO. The minimum absolute atomic E-state index is 0.352. The van der Waals surface area contributed by atoms with Crippen LogP contribution in [0.15, 0.2) is 12.1 Å². The molecule has 1 aromatic carbocycles. The highest BCUT2D eigenvalue weighted by Crippen LogP contribution is 2.26. The van der Waals surface area contributed by atoms with Crippen molar-refractivity contribution < 1.29 is 5.11 Å². The van der Waals surface area contributed by atoms with E-state index in [1.54, 1.807) is 0 Å². The largest absolute Gasteiger partial charge is 0.388 e. The maximum absolute atomic E-state index is 9.82. The number of benzene rings is 1. The van der Waals surface area contributed by atoms with Crippen molar-refractivity contribution in [1.29, 1.82) is 0 Å². The molecule has 0 saturated heterocycles. The summed E-state index contributed by atoms with van der Waals surface area (Å²) in [6, 6.07) is 3.94. The molecule has 0 aliphatic heterocycles. The maximum Gasteiger partial charge on any atom is 0.0790 e. The van der Waals surface area contributed by atoms with E-state index in [2.05, 4.69) is 6.92 Å². The Morgan fingerprint density at radius 1 is 1.29 bits per heavy atom. The molecular weight excluding hydrogens is 196 g/mol. The van der Waals surface area contributed by atoms with Gasteiger partial charge in [-0.3, -0.25) is 0 Å². The van der Waals surface area contributed by atoms with Gasteiger partial charge in [0.25, 0.3) is 0 Å². The van der Waals surface area contributed by atoms with Gasteiger partial charge < -0.3 is 5.11 Å². The van der Waals surface area contributed by atoms with E-state index in [1.165, 1.54) is 0 Å². The van der Waals surface area contributed by atoms with Crippen molar-refractivity contribution in [3.05, 3.63) is 33.8 Å². The standard InChI is InChI=1S/C12H17ClO/c1-4-5-11(14)10-6-8(2)12(13)9(3)7-10/h6-7,11,14H,4-5H2,1-3H3/t11-/m1/s1. The fourth-order valence-electron chi connectivity index (χ4n) is 1.61. The summed E-state index contributed by atoms with van der Waals surface area (Å²) in [4.78, 5) is 0. The molecule has 0 fully saturated rings. The van der Waals surface area contributed by atoms with E-state index in [0.29, 0.717) is 0 Å². The molecule has 1 rings (SSSR count). The van der Waals surface area contributed by atoms with Gasteiger partial charge in [0.1, 0.15) is 0 Å². The van der Waals surface area contributed by atoms with Crippen molar-refractivity contribution in [3.8, 4) is 0 Å². The quantitative estimate of drug-likeness (QED) is 0.809. The summed E-state index contributed by atoms with van der Waals surface area (Å²) in [7, 11) is 0. The Bertz CT molecular complexity index is 297. The molecule has 0 spiro atoms. The Labute approximate surface area is 90.7 Å². The summed E-state index contributed by atoms with van der Waals surface area (Å²) < 4.78 is 0. The number of hydrogen-bond donors (Lipinski definition) is 1. The lowest BCUT2D eigenvalue weighted by Crippen LogP contribution is -1.98. The Hall–Kier alpha value is -0.530. The predicted octanol–water partition coefficient (Wildman–Crippen LogP) is 3.79. The molecule has 78 valence electrons. The van der Waals surface area contributed by atoms with E-state index in [0.717, 1.165) is 34.6 Å². The van der Waals surface area contributed by atoms with Crippen LogP contribution in [-0.4, -0.2) is 5.11 Å². The molecule has 0 aliphatic rings. The van der Waals surface area contributed by atoms with Gasteiger partial charge in [0.2, 0.25) is 0 Å². The van der Waals surface area contributed by atoms with E-state index in [1.807, 2.05) is 26.0 Å². The highest BCUT2D eigenvalue weighted by atomic mass is 35.5. The van der Waals surface area contributed by atoms with Crippen molar-refractivity contribution in [2.45, 2.75) is 39.7 Å². The average Bonchev–Trinajstić information content (AvgIpc) is 2.13. The van der Waals surface area contributed by atoms with Crippen molar-refractivity contribution in [1.82, 2.24) is 0 Å². The van der Waals surface area contributed by atoms with Gasteiger partial charge in [0.15, 0.2) is 0 Å². The molecule has 0 unspecified atom stereocenters. The SMILES string of the molecule is CCC[C@@H](O)c1cc(C)c(Cl)c(C)c1. The zero-order valence-electron chi connectivity index (χ0n) is 8.97. The molecule has 0 amide bonds. The van der Waals surface area contributed by atoms with Crippen molar-refractivity contribution in [2.75, 3.05) is 0 Å². The third-order valence-corrected chi connectivity index (χ3v) is 3.00. The number of aliphatic hydroxyl groups excluding tert-OH is 1. The van der Waals surface area contributed by atoms with Crippen LogP contribution in [0.3, 0.4) is 0 Å². The molecule has 2 heteroatoms. The third kappa shape index (κ3) is 2.49. The minimum atomic E-state index is -0.352. The molecule has 0 heterocycles. The average molecular weight is 213 g/mol. The molecule has 1 aromatic rings. The molecule has 0 radical (unpaired) electrons. The Morgan fingerprint density at radius 2 is 1.79 bits per heavy atom. The molecule has 1 nitrogen and oxygen atoms in total. The fraction of sp³-hybridized carbons (Fsp3) is 0.500. The first-order valence-corrected chi connectivity index (χ1v) is 5.38. The van der Waals surface area contributed by atoms with Gasteiger partial charge in [-0.25, -0.2) is 0 Å². The first-order valence-electron chi connectivity index (χ1n) is 5.01. The summed E-state index contributed by atoms with van der Waals surface area (Å²) in [6.07, 6.45) is 1.44. The molecule has 0 bridgehead atoms. The van der Waals surface area contributed by atoms with E-state index in [-0.39, 0.29) is 6.10 Å². The van der Waals surface area contributed by atoms with Crippen molar-refractivity contribution >= 4 is 11.6 Å². The topological polar surface area (TPSA) is 20.2 Å². The summed E-state index contributed by atoms with van der Waals surface area (Å²) in [6.45, 7) is 6.01. The predicted molar refractivity (Wildman–Crippen MR) is 60.8 cm³/mol. The van der Waals surface area contributed by atoms with Crippen LogP contribution in [0.5, 0.6) is 0 Å². The van der Waals surface area contributed by atoms with Gasteiger partial charge in [-0.2, -0.15) is 0 Å². The highest BCUT2D eigenvalue weighted by Gasteiger charge is 2.09. The monoisotopic (exact) mass is 212 g/mol. The maximum atomic E-state index is 9.82. The van der Waals surface area contributed by atoms with Gasteiger partial charge in [-0.05, 0) is 37.0 Å². The van der Waals surface area contributed by atoms with Crippen LogP contribution in [0.25, 0.3) is 0 Å². The van der Waals surface area contributed by atoms with Crippen LogP contribution in [0.4, 0.5) is 0 Å². The second-order valence-corrected chi connectivity index (χ2v) is 4.15. The smallest absolute Gasteiger partial charge is 0.0790 e. The van der Waals surface area contributed by atoms with E-state index in [4.69, 9.17) is 11.6 Å². The van der Waals surface area contributed by atoms with Crippen LogP contribution in [-0.2, 0) is 0 Å². The van der Waals surface area contributed by atoms with Gasteiger partial charge in [0.05, 0.1) is 6.10 Å². The molecule has 1 atom stereocenters. The lowest BCUT2D eigenvalue weighted by atomic mass is 10.0. The van der Waals surface area contributed by atoms with Crippen molar-refractivity contribution in [2.24, 2.45) is 0 Å². The van der Waals surface area contributed by atoms with Crippen LogP contribution in [0.2, 0.25) is 5.02 Å². The lowest BCUT2D eigenvalue weighted by Gasteiger charge is -2.12. The minimum Gasteiger partial charge on any atom is -0.388 e. The molecule has 1 N–H and O–H groups in total. The van der Waals surface area contributed by atoms with Crippen molar-refractivity contribution in [3.63, 3.8) is 0 Å². The second kappa shape index (κ2) is 4.81. The summed E-state index contributed by atoms with van der Waals surface area (Å²) in [5.41, 5.74) is 3.06. The van der Waals surface area contributed by atoms with Crippen LogP contribution in [0, 0.1) is 13.8 Å². The van der Waals surface area contributed by atoms with Gasteiger partial charge in [-0.15, -0.1) is 0 Å². The summed E-state index contributed by atoms with van der Waals surface area (Å²) in [5.74, 6) is 0. The fourth-order valence-corrected chi connectivity index (χ4v) is 1.72. The Morgan fingerprint density at radius 3 is 2.21 bits per heavy atom. The number of hydrogen-bond acceptors (Lipinski definition) is 1. The molecule has 0 saturated carbocycles. The van der Waals surface area contributed by atoms with Gasteiger partial charge in [-0.1, -0.05) is 37.1 Å². The van der Waals surface area contributed by atoms with Gasteiger partial charge >= 0.3 is 0 Å². The van der Waals surface area contributed by atoms with E-state index < -0.39 is 0 Å². The summed E-state index contributed by atoms with van der Waals surface area (Å²) >= 11 is 6.05. The number of rotatable bonds is 3. The first kappa shape index (κ1) is 11.5. The Balaban J connectivity index is 3.00. The number of aliphatic hydroxyl groups is 1. The van der Waals surface area contributed by atoms with Crippen LogP contribution < -0.4 is 0 Å². The number of halogens is 1. The molecule has 14 heavy (non-hydrogen) atoms. The zero-order valence-corrected chi connectivity index (χ0v) is 9.73. The molecule has 0 aliphatic carbocycles. The number of aryl methyl sites for hydroxylation is 2. The normalized spacial score (nSPS) is 12.9. The van der Waals surface area contributed by atoms with Crippen LogP contribution >= 0.6 is 11.6 Å². The molecule has 0 aromatic heterocycles. The Kier molecular flexibility index (Phi) is 3.97. The zero-order chi connectivity index (χ0) is 10.7. The van der Waals surface area contributed by atoms with E-state index in [9.17, 15) is 5.11 Å². The summed E-state index contributed by atoms with van der Waals surface area (Å²) in [5, 5.41) is 10.6. The van der Waals surface area contributed by atoms with Gasteiger partial charge in [0, 0.05) is 5.02 Å². The van der Waals surface area contributed by atoms with E-state index >= 15 is 0 Å². The first-order chi connectivity index (χ1) is 6.56. The van der Waals surface area contributed by atoms with Crippen LogP contribution in [0.1, 0.15) is 42.6 Å². The highest BCUT2D eigenvalue weighted by molar-refractivity contribution is 6.32. The third-order valence-electron chi connectivity index (χ3n) is 2.41.